The van der Waals surface area contributed by atoms with Gasteiger partial charge in [0, 0.05) is 29.0 Å². The van der Waals surface area contributed by atoms with E-state index in [-0.39, 0.29) is 11.2 Å². The van der Waals surface area contributed by atoms with Gasteiger partial charge in [-0.3, -0.25) is 4.79 Å². The molecule has 0 aromatic heterocycles. The van der Waals surface area contributed by atoms with Gasteiger partial charge in [0.2, 0.25) is 0 Å². The average molecular weight is 349 g/mol. The number of benzene rings is 2. The van der Waals surface area contributed by atoms with Crippen LogP contribution in [0.15, 0.2) is 58.0 Å². The lowest BCUT2D eigenvalue weighted by Gasteiger charge is -2.22. The maximum absolute atomic E-state index is 12.9. The summed E-state index contributed by atoms with van der Waals surface area (Å²) in [6.45, 7) is 9.74. The van der Waals surface area contributed by atoms with Gasteiger partial charge in [-0.25, -0.2) is 0 Å². The van der Waals surface area contributed by atoms with Gasteiger partial charge in [-0.2, -0.15) is 0 Å². The van der Waals surface area contributed by atoms with Crippen LogP contribution in [0.25, 0.3) is 0 Å². The van der Waals surface area contributed by atoms with Crippen molar-refractivity contribution in [2.75, 3.05) is 11.4 Å². The molecule has 0 bridgehead atoms. The molecular formula is C22H23NOS. The first-order valence-corrected chi connectivity index (χ1v) is 9.67. The molecule has 1 aliphatic heterocycles. The second kappa shape index (κ2) is 5.77. The zero-order chi connectivity index (χ0) is 17.8. The number of hydrogen-bond acceptors (Lipinski definition) is 3. The summed E-state index contributed by atoms with van der Waals surface area (Å²) in [6.07, 6.45) is 0.744. The lowest BCUT2D eigenvalue weighted by Crippen LogP contribution is -2.19. The van der Waals surface area contributed by atoms with Crippen molar-refractivity contribution in [1.82, 2.24) is 0 Å². The van der Waals surface area contributed by atoms with Crippen molar-refractivity contribution < 1.29 is 4.79 Å². The van der Waals surface area contributed by atoms with E-state index in [9.17, 15) is 4.79 Å². The Bertz CT molecular complexity index is 904. The summed E-state index contributed by atoms with van der Waals surface area (Å²) in [4.78, 5) is 16.5. The molecule has 0 atom stereocenters. The van der Waals surface area contributed by atoms with E-state index in [4.69, 9.17) is 0 Å². The van der Waals surface area contributed by atoms with Gasteiger partial charge in [0.25, 0.3) is 0 Å². The fourth-order valence-electron chi connectivity index (χ4n) is 3.59. The third-order valence-corrected chi connectivity index (χ3v) is 6.25. The van der Waals surface area contributed by atoms with Crippen LogP contribution in [0.1, 0.15) is 49.2 Å². The topological polar surface area (TPSA) is 20.3 Å². The first kappa shape index (κ1) is 16.5. The first-order valence-electron chi connectivity index (χ1n) is 8.86. The summed E-state index contributed by atoms with van der Waals surface area (Å²) in [5.74, 6) is 0.195. The van der Waals surface area contributed by atoms with Gasteiger partial charge in [-0.15, -0.1) is 0 Å². The van der Waals surface area contributed by atoms with E-state index in [2.05, 4.69) is 56.9 Å². The number of ketones is 1. The summed E-state index contributed by atoms with van der Waals surface area (Å²) >= 11 is 1.76. The highest BCUT2D eigenvalue weighted by Gasteiger charge is 2.34. The Kier molecular flexibility index (Phi) is 3.80. The highest BCUT2D eigenvalue weighted by Crippen LogP contribution is 2.50. The second-order valence-corrected chi connectivity index (χ2v) is 8.76. The number of hydrogen-bond donors (Lipinski definition) is 0. The Balaban J connectivity index is 1.79. The zero-order valence-corrected chi connectivity index (χ0v) is 16.0. The molecular weight excluding hydrogens is 326 g/mol. The fraction of sp³-hybridized carbons (Fsp3) is 0.318. The molecule has 2 aromatic rings. The Morgan fingerprint density at radius 3 is 2.56 bits per heavy atom. The molecule has 2 aliphatic rings. The van der Waals surface area contributed by atoms with Crippen LogP contribution in [0.5, 0.6) is 0 Å². The van der Waals surface area contributed by atoms with Crippen LogP contribution < -0.4 is 4.90 Å². The van der Waals surface area contributed by atoms with E-state index in [1.165, 1.54) is 16.1 Å². The molecule has 1 heterocycles. The van der Waals surface area contributed by atoms with Gasteiger partial charge in [0.05, 0.1) is 10.7 Å². The van der Waals surface area contributed by atoms with Gasteiger partial charge in [0.15, 0.2) is 5.78 Å². The quantitative estimate of drug-likeness (QED) is 0.628. The number of fused-ring (bicyclic) bond motifs is 2. The minimum absolute atomic E-state index is 0.127. The lowest BCUT2D eigenvalue weighted by atomic mass is 9.87. The van der Waals surface area contributed by atoms with Crippen molar-refractivity contribution in [2.24, 2.45) is 0 Å². The minimum atomic E-state index is 0.127. The maximum atomic E-state index is 12.9. The van der Waals surface area contributed by atoms with Gasteiger partial charge < -0.3 is 4.90 Å². The average Bonchev–Trinajstić information content (AvgIpc) is 3.11. The SMILES string of the molecule is CCN1/C(=C2\Cc3ccccc3C2=O)Sc2cc(C(C)(C)C)ccc21. The predicted molar refractivity (Wildman–Crippen MR) is 106 cm³/mol. The van der Waals surface area contributed by atoms with Gasteiger partial charge in [0.1, 0.15) is 0 Å². The van der Waals surface area contributed by atoms with Crippen LogP contribution in [0.4, 0.5) is 5.69 Å². The van der Waals surface area contributed by atoms with Gasteiger partial charge in [-0.05, 0) is 35.6 Å². The molecule has 2 aromatic carbocycles. The van der Waals surface area contributed by atoms with Crippen LogP contribution >= 0.6 is 11.8 Å². The molecule has 25 heavy (non-hydrogen) atoms. The van der Waals surface area contributed by atoms with Crippen LogP contribution in [-0.4, -0.2) is 12.3 Å². The van der Waals surface area contributed by atoms with Crippen molar-refractivity contribution in [3.05, 3.63) is 69.8 Å². The van der Waals surface area contributed by atoms with Crippen molar-refractivity contribution in [3.8, 4) is 0 Å². The Labute approximate surface area is 153 Å². The number of anilines is 1. The molecule has 1 aliphatic carbocycles. The number of thioether (sulfide) groups is 1. The summed E-state index contributed by atoms with van der Waals surface area (Å²) in [6, 6.07) is 14.7. The summed E-state index contributed by atoms with van der Waals surface area (Å²) < 4.78 is 0. The van der Waals surface area contributed by atoms with Crippen LogP contribution in [0.2, 0.25) is 0 Å². The molecule has 0 saturated carbocycles. The number of allylic oxidation sites excluding steroid dienone is 1. The van der Waals surface area contributed by atoms with E-state index >= 15 is 0 Å². The van der Waals surface area contributed by atoms with Crippen molar-refractivity contribution in [1.29, 1.82) is 0 Å². The molecule has 0 fully saturated rings. The molecule has 3 heteroatoms. The zero-order valence-electron chi connectivity index (χ0n) is 15.2. The summed E-state index contributed by atoms with van der Waals surface area (Å²) in [5, 5.41) is 1.12. The first-order chi connectivity index (χ1) is 11.9. The molecule has 0 radical (unpaired) electrons. The van der Waals surface area contributed by atoms with E-state index in [0.717, 1.165) is 34.7 Å². The largest absolute Gasteiger partial charge is 0.335 e. The Morgan fingerprint density at radius 1 is 1.12 bits per heavy atom. The highest BCUT2D eigenvalue weighted by molar-refractivity contribution is 8.03. The molecule has 2 nitrogen and oxygen atoms in total. The van der Waals surface area contributed by atoms with E-state index in [1.54, 1.807) is 11.8 Å². The smallest absolute Gasteiger partial charge is 0.192 e. The maximum Gasteiger partial charge on any atom is 0.192 e. The van der Waals surface area contributed by atoms with Crippen molar-refractivity contribution in [3.63, 3.8) is 0 Å². The van der Waals surface area contributed by atoms with Crippen LogP contribution in [-0.2, 0) is 11.8 Å². The summed E-state index contributed by atoms with van der Waals surface area (Å²) in [7, 11) is 0. The van der Waals surface area contributed by atoms with Gasteiger partial charge in [-0.1, -0.05) is 62.9 Å². The number of carbonyl (C=O) groups excluding carboxylic acids is 1. The predicted octanol–water partition coefficient (Wildman–Crippen LogP) is 5.57. The molecule has 4 rings (SSSR count). The number of nitrogens with zero attached hydrogens (tertiary/aromatic N) is 1. The molecule has 0 amide bonds. The second-order valence-electron chi connectivity index (χ2n) is 7.73. The Hall–Kier alpha value is -2.00. The molecule has 0 N–H and O–H groups in total. The lowest BCUT2D eigenvalue weighted by molar-refractivity contribution is 0.103. The van der Waals surface area contributed by atoms with Crippen LogP contribution in [0, 0.1) is 0 Å². The van der Waals surface area contributed by atoms with E-state index < -0.39 is 0 Å². The van der Waals surface area contributed by atoms with E-state index in [0.29, 0.717) is 0 Å². The standard InChI is InChI=1S/C22H23NOS/c1-5-23-18-11-10-15(22(2,3)4)13-19(18)25-21(23)17-12-14-8-6-7-9-16(14)20(17)24/h6-11,13H,5,12H2,1-4H3/b21-17-. The third kappa shape index (κ3) is 2.62. The Morgan fingerprint density at radius 2 is 1.88 bits per heavy atom. The van der Waals surface area contributed by atoms with E-state index in [1.807, 2.05) is 18.2 Å². The summed E-state index contributed by atoms with van der Waals surface area (Å²) in [5.41, 5.74) is 5.66. The molecule has 0 saturated heterocycles. The van der Waals surface area contributed by atoms with Crippen LogP contribution in [0.3, 0.4) is 0 Å². The third-order valence-electron chi connectivity index (χ3n) is 5.05. The highest BCUT2D eigenvalue weighted by atomic mass is 32.2. The minimum Gasteiger partial charge on any atom is -0.335 e. The van der Waals surface area contributed by atoms with Gasteiger partial charge >= 0.3 is 0 Å². The molecule has 128 valence electrons. The normalized spacial score (nSPS) is 19.4. The number of carbonyl (C=O) groups is 1. The number of Topliss-reactive ketones (excluding diaryl/α,β-unsaturated/α-hetero) is 1. The number of rotatable bonds is 1. The van der Waals surface area contributed by atoms with Crippen molar-refractivity contribution in [2.45, 2.75) is 44.4 Å². The molecule has 0 unspecified atom stereocenters. The molecule has 0 spiro atoms. The monoisotopic (exact) mass is 349 g/mol. The fourth-order valence-corrected chi connectivity index (χ4v) is 4.90. The van der Waals surface area contributed by atoms with Crippen molar-refractivity contribution >= 4 is 23.2 Å².